The number of hydrogen-bond acceptors (Lipinski definition) is 4. The van der Waals surface area contributed by atoms with Crippen molar-refractivity contribution in [2.24, 2.45) is 0 Å². The van der Waals surface area contributed by atoms with Crippen LogP contribution in [-0.4, -0.2) is 39.5 Å². The summed E-state index contributed by atoms with van der Waals surface area (Å²) in [5.74, 6) is 0. The first-order valence-corrected chi connectivity index (χ1v) is 7.62. The molecule has 6 nitrogen and oxygen atoms in total. The van der Waals surface area contributed by atoms with Gasteiger partial charge in [0.2, 0.25) is 0 Å². The standard InChI is InChI=1S/C16H24N4O2/c1-13-11-18-20(12-13)16(5-8-17)6-9-19(10-7-16)14(21)22-15(2,3)4/h11-12H,5-7,9-10H2,1-4H3. The number of nitriles is 1. The second-order valence-electron chi connectivity index (χ2n) is 6.99. The normalized spacial score (nSPS) is 17.9. The Bertz CT molecular complexity index is 572. The van der Waals surface area contributed by atoms with Gasteiger partial charge in [0.1, 0.15) is 5.60 Å². The zero-order chi connectivity index (χ0) is 16.4. The number of aromatic nitrogens is 2. The highest BCUT2D eigenvalue weighted by atomic mass is 16.6. The summed E-state index contributed by atoms with van der Waals surface area (Å²) in [7, 11) is 0. The van der Waals surface area contributed by atoms with Gasteiger partial charge in [0.25, 0.3) is 0 Å². The number of carbonyl (C=O) groups excluding carboxylic acids is 1. The van der Waals surface area contributed by atoms with E-state index >= 15 is 0 Å². The van der Waals surface area contributed by atoms with E-state index in [0.717, 1.165) is 5.56 Å². The SMILES string of the molecule is Cc1cnn(C2(CC#N)CCN(C(=O)OC(C)(C)C)CC2)c1. The van der Waals surface area contributed by atoms with E-state index in [1.807, 2.05) is 38.6 Å². The Morgan fingerprint density at radius 2 is 2.09 bits per heavy atom. The minimum Gasteiger partial charge on any atom is -0.444 e. The van der Waals surface area contributed by atoms with E-state index in [1.54, 1.807) is 11.1 Å². The summed E-state index contributed by atoms with van der Waals surface area (Å²) in [5.41, 5.74) is 0.269. The number of piperidine rings is 1. The second kappa shape index (κ2) is 5.99. The second-order valence-corrected chi connectivity index (χ2v) is 6.99. The van der Waals surface area contributed by atoms with E-state index < -0.39 is 5.60 Å². The molecule has 0 atom stereocenters. The van der Waals surface area contributed by atoms with Crippen molar-refractivity contribution < 1.29 is 9.53 Å². The maximum Gasteiger partial charge on any atom is 0.410 e. The molecule has 0 bridgehead atoms. The molecule has 1 aromatic rings. The van der Waals surface area contributed by atoms with Gasteiger partial charge in [-0.1, -0.05) is 0 Å². The molecule has 2 rings (SSSR count). The molecule has 0 radical (unpaired) electrons. The molecule has 1 aromatic heterocycles. The molecule has 0 spiro atoms. The summed E-state index contributed by atoms with van der Waals surface area (Å²) in [6.45, 7) is 8.73. The summed E-state index contributed by atoms with van der Waals surface area (Å²) in [4.78, 5) is 13.9. The zero-order valence-corrected chi connectivity index (χ0v) is 13.8. The minimum atomic E-state index is -0.489. The topological polar surface area (TPSA) is 71.2 Å². The highest BCUT2D eigenvalue weighted by molar-refractivity contribution is 5.68. The Labute approximate surface area is 131 Å². The van der Waals surface area contributed by atoms with E-state index in [9.17, 15) is 10.1 Å². The van der Waals surface area contributed by atoms with Gasteiger partial charge in [0, 0.05) is 19.3 Å². The van der Waals surface area contributed by atoms with Crippen molar-refractivity contribution in [2.45, 2.75) is 58.1 Å². The van der Waals surface area contributed by atoms with Crippen LogP contribution in [0.5, 0.6) is 0 Å². The van der Waals surface area contributed by atoms with Crippen LogP contribution in [0.25, 0.3) is 0 Å². The number of hydrogen-bond donors (Lipinski definition) is 0. The number of amides is 1. The predicted molar refractivity (Wildman–Crippen MR) is 82.2 cm³/mol. The highest BCUT2D eigenvalue weighted by Crippen LogP contribution is 2.33. The molecule has 6 heteroatoms. The van der Waals surface area contributed by atoms with Gasteiger partial charge in [-0.15, -0.1) is 0 Å². The van der Waals surface area contributed by atoms with Gasteiger partial charge in [0.05, 0.1) is 24.2 Å². The molecule has 0 N–H and O–H groups in total. The van der Waals surface area contributed by atoms with Crippen LogP contribution in [0.4, 0.5) is 4.79 Å². The van der Waals surface area contributed by atoms with Crippen molar-refractivity contribution in [3.8, 4) is 6.07 Å². The van der Waals surface area contributed by atoms with Gasteiger partial charge in [-0.3, -0.25) is 4.68 Å². The molecule has 22 heavy (non-hydrogen) atoms. The Morgan fingerprint density at radius 3 is 2.55 bits per heavy atom. The third kappa shape index (κ3) is 3.59. The summed E-state index contributed by atoms with van der Waals surface area (Å²) < 4.78 is 7.32. The van der Waals surface area contributed by atoms with Crippen LogP contribution in [0.1, 0.15) is 45.6 Å². The molecular formula is C16H24N4O2. The fourth-order valence-electron chi connectivity index (χ4n) is 2.74. The molecule has 0 aromatic carbocycles. The highest BCUT2D eigenvalue weighted by Gasteiger charge is 2.39. The van der Waals surface area contributed by atoms with Gasteiger partial charge < -0.3 is 9.64 Å². The lowest BCUT2D eigenvalue weighted by Crippen LogP contribution is -2.49. The Balaban J connectivity index is 2.08. The molecule has 0 saturated carbocycles. The summed E-state index contributed by atoms with van der Waals surface area (Å²) >= 11 is 0. The predicted octanol–water partition coefficient (Wildman–Crippen LogP) is 2.83. The van der Waals surface area contributed by atoms with Crippen LogP contribution in [0, 0.1) is 18.3 Å². The van der Waals surface area contributed by atoms with Gasteiger partial charge in [-0.25, -0.2) is 4.79 Å². The molecule has 0 unspecified atom stereocenters. The van der Waals surface area contributed by atoms with Crippen molar-refractivity contribution in [1.82, 2.24) is 14.7 Å². The average Bonchev–Trinajstić information content (AvgIpc) is 2.85. The number of likely N-dealkylation sites (tertiary alicyclic amines) is 1. The third-order valence-corrected chi connectivity index (χ3v) is 3.95. The quantitative estimate of drug-likeness (QED) is 0.842. The maximum atomic E-state index is 12.1. The zero-order valence-electron chi connectivity index (χ0n) is 13.8. The van der Waals surface area contributed by atoms with Crippen molar-refractivity contribution in [3.63, 3.8) is 0 Å². The van der Waals surface area contributed by atoms with E-state index in [0.29, 0.717) is 32.4 Å². The maximum absolute atomic E-state index is 12.1. The number of nitrogens with zero attached hydrogens (tertiary/aromatic N) is 4. The molecule has 1 saturated heterocycles. The number of ether oxygens (including phenoxy) is 1. The number of aryl methyl sites for hydroxylation is 1. The van der Waals surface area contributed by atoms with Crippen LogP contribution in [0.2, 0.25) is 0 Å². The van der Waals surface area contributed by atoms with Crippen LogP contribution in [0.15, 0.2) is 12.4 Å². The Hall–Kier alpha value is -2.03. The fraction of sp³-hybridized carbons (Fsp3) is 0.688. The smallest absolute Gasteiger partial charge is 0.410 e. The van der Waals surface area contributed by atoms with Crippen LogP contribution in [-0.2, 0) is 10.3 Å². The van der Waals surface area contributed by atoms with E-state index in [4.69, 9.17) is 4.74 Å². The van der Waals surface area contributed by atoms with Crippen LogP contribution >= 0.6 is 0 Å². The molecule has 1 fully saturated rings. The lowest BCUT2D eigenvalue weighted by atomic mass is 9.85. The van der Waals surface area contributed by atoms with E-state index in [-0.39, 0.29) is 11.6 Å². The first kappa shape index (κ1) is 16.3. The summed E-state index contributed by atoms with van der Waals surface area (Å²) in [6, 6.07) is 2.27. The van der Waals surface area contributed by atoms with E-state index in [2.05, 4.69) is 11.2 Å². The van der Waals surface area contributed by atoms with Gasteiger partial charge in [-0.2, -0.15) is 10.4 Å². The van der Waals surface area contributed by atoms with Crippen molar-refractivity contribution in [1.29, 1.82) is 5.26 Å². The van der Waals surface area contributed by atoms with E-state index in [1.165, 1.54) is 0 Å². The molecule has 1 aliphatic heterocycles. The fourth-order valence-corrected chi connectivity index (χ4v) is 2.74. The summed E-state index contributed by atoms with van der Waals surface area (Å²) in [6.07, 6.45) is 5.31. The largest absolute Gasteiger partial charge is 0.444 e. The third-order valence-electron chi connectivity index (χ3n) is 3.95. The molecule has 120 valence electrons. The number of rotatable bonds is 2. The monoisotopic (exact) mass is 304 g/mol. The van der Waals surface area contributed by atoms with Crippen LogP contribution in [0.3, 0.4) is 0 Å². The first-order valence-electron chi connectivity index (χ1n) is 7.62. The van der Waals surface area contributed by atoms with Crippen molar-refractivity contribution in [3.05, 3.63) is 18.0 Å². The van der Waals surface area contributed by atoms with Crippen molar-refractivity contribution >= 4 is 6.09 Å². The molecule has 1 amide bonds. The van der Waals surface area contributed by atoms with Crippen LogP contribution < -0.4 is 0 Å². The Kier molecular flexibility index (Phi) is 4.45. The van der Waals surface area contributed by atoms with Gasteiger partial charge >= 0.3 is 6.09 Å². The molecule has 2 heterocycles. The minimum absolute atomic E-state index is 0.283. The lowest BCUT2D eigenvalue weighted by molar-refractivity contribution is 0.0105. The first-order chi connectivity index (χ1) is 10.3. The van der Waals surface area contributed by atoms with Gasteiger partial charge in [-0.05, 0) is 46.1 Å². The number of carbonyl (C=O) groups is 1. The lowest BCUT2D eigenvalue weighted by Gasteiger charge is -2.41. The molecular weight excluding hydrogens is 280 g/mol. The van der Waals surface area contributed by atoms with Gasteiger partial charge in [0.15, 0.2) is 0 Å². The molecule has 0 aliphatic carbocycles. The molecule has 1 aliphatic rings. The average molecular weight is 304 g/mol. The summed E-state index contributed by atoms with van der Waals surface area (Å²) in [5, 5.41) is 13.6. The Morgan fingerprint density at radius 1 is 1.45 bits per heavy atom. The van der Waals surface area contributed by atoms with Crippen molar-refractivity contribution in [2.75, 3.05) is 13.1 Å².